The van der Waals surface area contributed by atoms with Crippen LogP contribution in [0.3, 0.4) is 0 Å². The van der Waals surface area contributed by atoms with Gasteiger partial charge in [0.2, 0.25) is 0 Å². The van der Waals surface area contributed by atoms with Crippen molar-refractivity contribution in [2.45, 2.75) is 77.0 Å². The fourth-order valence-corrected chi connectivity index (χ4v) is 3.45. The first-order valence-corrected chi connectivity index (χ1v) is 8.38. The van der Waals surface area contributed by atoms with Gasteiger partial charge < -0.3 is 10.1 Å². The predicted octanol–water partition coefficient (Wildman–Crippen LogP) is 2.80. The Bertz CT molecular complexity index is 241. The molecule has 2 aliphatic rings. The highest BCUT2D eigenvalue weighted by Gasteiger charge is 2.22. The molecule has 2 heterocycles. The Balaban J connectivity index is 1.71. The van der Waals surface area contributed by atoms with Crippen molar-refractivity contribution in [3.63, 3.8) is 0 Å². The average Bonchev–Trinajstić information content (AvgIpc) is 2.84. The van der Waals surface area contributed by atoms with Crippen LogP contribution in [0.5, 0.6) is 0 Å². The first-order valence-electron chi connectivity index (χ1n) is 8.38. The number of hydrogen-bond donors (Lipinski definition) is 1. The molecule has 3 unspecified atom stereocenters. The van der Waals surface area contributed by atoms with E-state index in [1.165, 1.54) is 64.6 Å². The van der Waals surface area contributed by atoms with E-state index in [1.54, 1.807) is 0 Å². The molecule has 19 heavy (non-hydrogen) atoms. The van der Waals surface area contributed by atoms with Crippen molar-refractivity contribution in [1.29, 1.82) is 0 Å². The first-order chi connectivity index (χ1) is 9.29. The van der Waals surface area contributed by atoms with Crippen molar-refractivity contribution in [1.82, 2.24) is 10.2 Å². The van der Waals surface area contributed by atoms with E-state index in [0.717, 1.165) is 12.6 Å². The lowest BCUT2D eigenvalue weighted by atomic mass is 10.1. The Hall–Kier alpha value is -0.120. The number of rotatable bonds is 6. The summed E-state index contributed by atoms with van der Waals surface area (Å²) < 4.78 is 5.72. The van der Waals surface area contributed by atoms with Crippen LogP contribution >= 0.6 is 0 Å². The summed E-state index contributed by atoms with van der Waals surface area (Å²) in [4.78, 5) is 2.70. The second-order valence-corrected chi connectivity index (χ2v) is 6.35. The maximum absolute atomic E-state index is 5.72. The van der Waals surface area contributed by atoms with E-state index in [-0.39, 0.29) is 0 Å². The fraction of sp³-hybridized carbons (Fsp3) is 1.00. The van der Waals surface area contributed by atoms with E-state index in [1.807, 2.05) is 0 Å². The Morgan fingerprint density at radius 2 is 2.16 bits per heavy atom. The van der Waals surface area contributed by atoms with Crippen LogP contribution in [-0.2, 0) is 4.74 Å². The molecule has 2 saturated heterocycles. The second-order valence-electron chi connectivity index (χ2n) is 6.35. The zero-order chi connectivity index (χ0) is 13.5. The molecule has 0 bridgehead atoms. The molecule has 2 aliphatic heterocycles. The minimum absolute atomic E-state index is 0.562. The average molecular weight is 268 g/mol. The van der Waals surface area contributed by atoms with Gasteiger partial charge in [-0.15, -0.1) is 0 Å². The van der Waals surface area contributed by atoms with Gasteiger partial charge in [0.05, 0.1) is 6.10 Å². The maximum Gasteiger partial charge on any atom is 0.0576 e. The molecule has 0 amide bonds. The molecule has 2 fully saturated rings. The van der Waals surface area contributed by atoms with Gasteiger partial charge in [0.25, 0.3) is 0 Å². The number of hydrogen-bond acceptors (Lipinski definition) is 3. The van der Waals surface area contributed by atoms with Crippen LogP contribution in [0.2, 0.25) is 0 Å². The number of nitrogens with zero attached hydrogens (tertiary/aromatic N) is 1. The van der Waals surface area contributed by atoms with Crippen molar-refractivity contribution < 1.29 is 4.74 Å². The lowest BCUT2D eigenvalue weighted by Crippen LogP contribution is -2.40. The SMILES string of the molecule is CCCC1CN(CCCC2CCCO2)C(C)CCN1. The van der Waals surface area contributed by atoms with Gasteiger partial charge in [0, 0.05) is 25.2 Å². The standard InChI is InChI=1S/C16H32N2O/c1-3-6-15-13-18(14(2)9-10-17-15)11-4-7-16-8-5-12-19-16/h14-17H,3-13H2,1-2H3. The lowest BCUT2D eigenvalue weighted by Gasteiger charge is -2.29. The van der Waals surface area contributed by atoms with E-state index in [4.69, 9.17) is 4.74 Å². The van der Waals surface area contributed by atoms with Crippen LogP contribution in [-0.4, -0.2) is 49.3 Å². The fourth-order valence-electron chi connectivity index (χ4n) is 3.45. The third-order valence-corrected chi connectivity index (χ3v) is 4.71. The van der Waals surface area contributed by atoms with Crippen LogP contribution < -0.4 is 5.32 Å². The highest BCUT2D eigenvalue weighted by molar-refractivity contribution is 4.81. The zero-order valence-electron chi connectivity index (χ0n) is 12.9. The van der Waals surface area contributed by atoms with E-state index in [9.17, 15) is 0 Å². The summed E-state index contributed by atoms with van der Waals surface area (Å²) in [5.74, 6) is 0. The van der Waals surface area contributed by atoms with Gasteiger partial charge in [0.1, 0.15) is 0 Å². The molecule has 0 radical (unpaired) electrons. The van der Waals surface area contributed by atoms with E-state index >= 15 is 0 Å². The number of nitrogens with one attached hydrogen (secondary N) is 1. The minimum atomic E-state index is 0.562. The second kappa shape index (κ2) is 8.23. The van der Waals surface area contributed by atoms with Crippen LogP contribution in [0.15, 0.2) is 0 Å². The van der Waals surface area contributed by atoms with Gasteiger partial charge in [0.15, 0.2) is 0 Å². The van der Waals surface area contributed by atoms with E-state index in [0.29, 0.717) is 12.1 Å². The molecule has 3 atom stereocenters. The Morgan fingerprint density at radius 3 is 2.89 bits per heavy atom. The summed E-state index contributed by atoms with van der Waals surface area (Å²) in [5, 5.41) is 3.71. The molecule has 1 N–H and O–H groups in total. The van der Waals surface area contributed by atoms with Crippen molar-refractivity contribution in [2.75, 3.05) is 26.2 Å². The summed E-state index contributed by atoms with van der Waals surface area (Å²) in [6, 6.07) is 1.44. The summed E-state index contributed by atoms with van der Waals surface area (Å²) >= 11 is 0. The summed E-state index contributed by atoms with van der Waals surface area (Å²) in [6.07, 6.45) is 9.57. The molecule has 112 valence electrons. The minimum Gasteiger partial charge on any atom is -0.378 e. The Morgan fingerprint density at radius 1 is 1.26 bits per heavy atom. The van der Waals surface area contributed by atoms with Crippen LogP contribution in [0.25, 0.3) is 0 Å². The lowest BCUT2D eigenvalue weighted by molar-refractivity contribution is 0.0960. The maximum atomic E-state index is 5.72. The van der Waals surface area contributed by atoms with Gasteiger partial charge in [-0.25, -0.2) is 0 Å². The third kappa shape index (κ3) is 5.05. The molecule has 0 aromatic heterocycles. The summed E-state index contributed by atoms with van der Waals surface area (Å²) in [6.45, 7) is 9.35. The highest BCUT2D eigenvalue weighted by atomic mass is 16.5. The molecule has 0 aromatic carbocycles. The topological polar surface area (TPSA) is 24.5 Å². The van der Waals surface area contributed by atoms with Gasteiger partial charge in [-0.1, -0.05) is 13.3 Å². The van der Waals surface area contributed by atoms with E-state index in [2.05, 4.69) is 24.1 Å². The normalized spacial score (nSPS) is 33.5. The molecule has 3 nitrogen and oxygen atoms in total. The summed E-state index contributed by atoms with van der Waals surface area (Å²) in [5.41, 5.74) is 0. The summed E-state index contributed by atoms with van der Waals surface area (Å²) in [7, 11) is 0. The molecule has 0 spiro atoms. The van der Waals surface area contributed by atoms with Crippen LogP contribution in [0.4, 0.5) is 0 Å². The smallest absolute Gasteiger partial charge is 0.0576 e. The monoisotopic (exact) mass is 268 g/mol. The Labute approximate surface area is 119 Å². The molecule has 3 heteroatoms. The Kier molecular flexibility index (Phi) is 6.62. The van der Waals surface area contributed by atoms with Crippen molar-refractivity contribution in [2.24, 2.45) is 0 Å². The van der Waals surface area contributed by atoms with Gasteiger partial charge in [-0.2, -0.15) is 0 Å². The molecule has 0 aromatic rings. The molecule has 2 rings (SSSR count). The van der Waals surface area contributed by atoms with Crippen molar-refractivity contribution in [3.8, 4) is 0 Å². The van der Waals surface area contributed by atoms with Crippen molar-refractivity contribution >= 4 is 0 Å². The highest BCUT2D eigenvalue weighted by Crippen LogP contribution is 2.18. The molecular formula is C16H32N2O. The number of ether oxygens (including phenoxy) is 1. The molecule has 0 aliphatic carbocycles. The van der Waals surface area contributed by atoms with Gasteiger partial charge in [-0.3, -0.25) is 4.90 Å². The molecule has 0 saturated carbocycles. The van der Waals surface area contributed by atoms with Crippen LogP contribution in [0, 0.1) is 0 Å². The largest absolute Gasteiger partial charge is 0.378 e. The van der Waals surface area contributed by atoms with Gasteiger partial charge >= 0.3 is 0 Å². The first kappa shape index (κ1) is 15.3. The third-order valence-electron chi connectivity index (χ3n) is 4.71. The zero-order valence-corrected chi connectivity index (χ0v) is 12.9. The molecular weight excluding hydrogens is 236 g/mol. The van der Waals surface area contributed by atoms with Gasteiger partial charge in [-0.05, 0) is 58.5 Å². The van der Waals surface area contributed by atoms with E-state index < -0.39 is 0 Å². The van der Waals surface area contributed by atoms with Crippen LogP contribution in [0.1, 0.15) is 58.8 Å². The quantitative estimate of drug-likeness (QED) is 0.801. The predicted molar refractivity (Wildman–Crippen MR) is 80.6 cm³/mol. The van der Waals surface area contributed by atoms with Crippen molar-refractivity contribution in [3.05, 3.63) is 0 Å².